The van der Waals surface area contributed by atoms with Crippen molar-refractivity contribution in [3.63, 3.8) is 0 Å². The molecule has 0 aromatic heterocycles. The molecule has 2 unspecified atom stereocenters. The van der Waals surface area contributed by atoms with Gasteiger partial charge in [0.05, 0.1) is 0 Å². The third kappa shape index (κ3) is 4.03. The predicted molar refractivity (Wildman–Crippen MR) is 131 cm³/mol. The fraction of sp³-hybridized carbons (Fsp3) is 0.250. The zero-order valence-electron chi connectivity index (χ0n) is 19.3. The molecule has 0 bridgehead atoms. The van der Waals surface area contributed by atoms with Crippen LogP contribution in [-0.4, -0.2) is 41.8 Å². The van der Waals surface area contributed by atoms with E-state index in [2.05, 4.69) is 17.4 Å². The Morgan fingerprint density at radius 2 is 1.57 bits per heavy atom. The molecule has 2 N–H and O–H groups in total. The van der Waals surface area contributed by atoms with Gasteiger partial charge in [-0.05, 0) is 40.3 Å². The second kappa shape index (κ2) is 9.25. The Labute approximate surface area is 203 Å². The molecular formula is C28H26N2O5. The Bertz CT molecular complexity index is 1260. The predicted octanol–water partition coefficient (Wildman–Crippen LogP) is 4.35. The lowest BCUT2D eigenvalue weighted by Crippen LogP contribution is -2.53. The average molecular weight is 471 g/mol. The zero-order valence-corrected chi connectivity index (χ0v) is 19.3. The van der Waals surface area contributed by atoms with Gasteiger partial charge in [-0.2, -0.15) is 0 Å². The smallest absolute Gasteiger partial charge is 0.407 e. The number of aliphatic carboxylic acids is 1. The summed E-state index contributed by atoms with van der Waals surface area (Å²) in [6.07, 6.45) is -0.168. The van der Waals surface area contributed by atoms with Gasteiger partial charge in [-0.25, -0.2) is 9.59 Å². The maximum Gasteiger partial charge on any atom is 0.407 e. The SMILES string of the molecule is CCC(NC(=O)OCC1c2ccccc2-c2ccccc21)C(=O)N1c2ccccc2CC1C(=O)O. The standard InChI is InChI=1S/C28H26N2O5/c1-2-23(26(31)30-24-14-8-3-9-17(24)15-25(30)27(32)33)29-28(34)35-16-22-20-12-6-4-10-18(20)19-11-5-7-13-21(19)22/h3-14,22-23,25H,2,15-16H2,1H3,(H,29,34)(H,32,33). The molecule has 3 aromatic carbocycles. The first-order chi connectivity index (χ1) is 17.0. The minimum atomic E-state index is -1.08. The highest BCUT2D eigenvalue weighted by Crippen LogP contribution is 2.44. The van der Waals surface area contributed by atoms with Crippen LogP contribution in [0.1, 0.15) is 36.0 Å². The maximum absolute atomic E-state index is 13.4. The second-order valence-electron chi connectivity index (χ2n) is 8.83. The largest absolute Gasteiger partial charge is 0.480 e. The molecule has 0 radical (unpaired) electrons. The molecule has 2 amide bonds. The lowest BCUT2D eigenvalue weighted by molar-refractivity contribution is -0.140. The van der Waals surface area contributed by atoms with E-state index in [4.69, 9.17) is 4.74 Å². The number of carbonyl (C=O) groups is 3. The molecule has 3 aromatic rings. The molecule has 35 heavy (non-hydrogen) atoms. The van der Waals surface area contributed by atoms with E-state index in [0.717, 1.165) is 27.8 Å². The van der Waals surface area contributed by atoms with E-state index < -0.39 is 30.1 Å². The van der Waals surface area contributed by atoms with Crippen molar-refractivity contribution in [3.8, 4) is 11.1 Å². The molecule has 2 atom stereocenters. The van der Waals surface area contributed by atoms with Crippen LogP contribution in [-0.2, 0) is 20.7 Å². The summed E-state index contributed by atoms with van der Waals surface area (Å²) in [5.74, 6) is -1.63. The van der Waals surface area contributed by atoms with Gasteiger partial charge in [0.1, 0.15) is 18.7 Å². The minimum absolute atomic E-state index is 0.0919. The number of hydrogen-bond donors (Lipinski definition) is 2. The fourth-order valence-electron chi connectivity index (χ4n) is 5.14. The number of benzene rings is 3. The number of carboxylic acid groups (broad SMARTS) is 1. The van der Waals surface area contributed by atoms with E-state index in [1.165, 1.54) is 4.90 Å². The third-order valence-corrected chi connectivity index (χ3v) is 6.84. The first-order valence-corrected chi connectivity index (χ1v) is 11.7. The minimum Gasteiger partial charge on any atom is -0.480 e. The summed E-state index contributed by atoms with van der Waals surface area (Å²) in [7, 11) is 0. The van der Waals surface area contributed by atoms with Crippen molar-refractivity contribution in [2.75, 3.05) is 11.5 Å². The number of hydrogen-bond acceptors (Lipinski definition) is 4. The Kier molecular flexibility index (Phi) is 5.99. The molecule has 1 heterocycles. The molecule has 0 spiro atoms. The summed E-state index contributed by atoms with van der Waals surface area (Å²) in [4.78, 5) is 39.3. The molecule has 0 saturated heterocycles. The number of anilines is 1. The number of alkyl carbamates (subject to hydrolysis) is 1. The van der Waals surface area contributed by atoms with E-state index in [-0.39, 0.29) is 18.9 Å². The quantitative estimate of drug-likeness (QED) is 0.559. The highest BCUT2D eigenvalue weighted by molar-refractivity contribution is 6.05. The number of nitrogens with zero attached hydrogens (tertiary/aromatic N) is 1. The van der Waals surface area contributed by atoms with Crippen molar-refractivity contribution >= 4 is 23.7 Å². The van der Waals surface area contributed by atoms with E-state index >= 15 is 0 Å². The number of nitrogens with one attached hydrogen (secondary N) is 1. The van der Waals surface area contributed by atoms with Gasteiger partial charge in [-0.1, -0.05) is 73.7 Å². The summed E-state index contributed by atoms with van der Waals surface area (Å²) in [6.45, 7) is 1.90. The monoisotopic (exact) mass is 470 g/mol. The molecule has 0 fully saturated rings. The summed E-state index contributed by atoms with van der Waals surface area (Å²) in [5.41, 5.74) is 5.82. The van der Waals surface area contributed by atoms with Crippen molar-refractivity contribution in [2.45, 2.75) is 37.8 Å². The molecule has 7 nitrogen and oxygen atoms in total. The van der Waals surface area contributed by atoms with Crippen LogP contribution in [0.3, 0.4) is 0 Å². The molecule has 7 heteroatoms. The Hall–Kier alpha value is -4.13. The van der Waals surface area contributed by atoms with Gasteiger partial charge in [-0.15, -0.1) is 0 Å². The van der Waals surface area contributed by atoms with Crippen molar-refractivity contribution < 1.29 is 24.2 Å². The molecular weight excluding hydrogens is 444 g/mol. The number of fused-ring (bicyclic) bond motifs is 4. The number of amides is 2. The van der Waals surface area contributed by atoms with Crippen LogP contribution < -0.4 is 10.2 Å². The number of para-hydroxylation sites is 1. The average Bonchev–Trinajstić information content (AvgIpc) is 3.42. The van der Waals surface area contributed by atoms with Crippen molar-refractivity contribution in [1.29, 1.82) is 0 Å². The first-order valence-electron chi connectivity index (χ1n) is 11.7. The first kappa shape index (κ1) is 22.7. The fourth-order valence-corrected chi connectivity index (χ4v) is 5.14. The van der Waals surface area contributed by atoms with Gasteiger partial charge in [0.2, 0.25) is 0 Å². The van der Waals surface area contributed by atoms with Gasteiger partial charge >= 0.3 is 12.1 Å². The van der Waals surface area contributed by atoms with Crippen molar-refractivity contribution in [2.24, 2.45) is 0 Å². The maximum atomic E-state index is 13.4. The topological polar surface area (TPSA) is 95.9 Å². The van der Waals surface area contributed by atoms with Gasteiger partial charge < -0.3 is 15.2 Å². The number of carboxylic acids is 1. The van der Waals surface area contributed by atoms with Crippen LogP contribution >= 0.6 is 0 Å². The van der Waals surface area contributed by atoms with Crippen molar-refractivity contribution in [3.05, 3.63) is 89.5 Å². The van der Waals surface area contributed by atoms with Gasteiger partial charge in [0.25, 0.3) is 5.91 Å². The third-order valence-electron chi connectivity index (χ3n) is 6.84. The van der Waals surface area contributed by atoms with E-state index in [1.54, 1.807) is 19.1 Å². The van der Waals surface area contributed by atoms with Crippen LogP contribution in [0.15, 0.2) is 72.8 Å². The highest BCUT2D eigenvalue weighted by atomic mass is 16.5. The van der Waals surface area contributed by atoms with Crippen LogP contribution in [0.4, 0.5) is 10.5 Å². The van der Waals surface area contributed by atoms with Crippen LogP contribution in [0, 0.1) is 0 Å². The summed E-state index contributed by atoms with van der Waals surface area (Å²) >= 11 is 0. The van der Waals surface area contributed by atoms with Crippen LogP contribution in [0.25, 0.3) is 11.1 Å². The lowest BCUT2D eigenvalue weighted by atomic mass is 9.98. The van der Waals surface area contributed by atoms with Crippen molar-refractivity contribution in [1.82, 2.24) is 5.32 Å². The van der Waals surface area contributed by atoms with Gasteiger partial charge in [-0.3, -0.25) is 9.69 Å². The summed E-state index contributed by atoms with van der Waals surface area (Å²) < 4.78 is 5.59. The Balaban J connectivity index is 1.29. The molecule has 5 rings (SSSR count). The van der Waals surface area contributed by atoms with Crippen LogP contribution in [0.5, 0.6) is 0 Å². The normalized spacial score (nSPS) is 16.7. The summed E-state index contributed by atoms with van der Waals surface area (Å²) in [6, 6.07) is 21.3. The number of ether oxygens (including phenoxy) is 1. The second-order valence-corrected chi connectivity index (χ2v) is 8.83. The van der Waals surface area contributed by atoms with Gasteiger partial charge in [0.15, 0.2) is 0 Å². The Morgan fingerprint density at radius 3 is 2.20 bits per heavy atom. The molecule has 0 saturated carbocycles. The van der Waals surface area contributed by atoms with Crippen LogP contribution in [0.2, 0.25) is 0 Å². The molecule has 1 aliphatic carbocycles. The van der Waals surface area contributed by atoms with E-state index in [9.17, 15) is 19.5 Å². The summed E-state index contributed by atoms with van der Waals surface area (Å²) in [5, 5.41) is 12.4. The molecule has 1 aliphatic heterocycles. The number of rotatable bonds is 6. The lowest BCUT2D eigenvalue weighted by Gasteiger charge is -2.27. The number of carbonyl (C=O) groups excluding carboxylic acids is 2. The molecule has 178 valence electrons. The van der Waals surface area contributed by atoms with E-state index in [1.807, 2.05) is 48.5 Å². The highest BCUT2D eigenvalue weighted by Gasteiger charge is 2.41. The zero-order chi connectivity index (χ0) is 24.5. The van der Waals surface area contributed by atoms with E-state index in [0.29, 0.717) is 12.1 Å². The van der Waals surface area contributed by atoms with Gasteiger partial charge in [0, 0.05) is 18.0 Å². The molecule has 2 aliphatic rings. The Morgan fingerprint density at radius 1 is 0.971 bits per heavy atom.